The van der Waals surface area contributed by atoms with Crippen LogP contribution in [0.25, 0.3) is 0 Å². The molecule has 0 bridgehead atoms. The number of para-hydroxylation sites is 1. The van der Waals surface area contributed by atoms with Crippen LogP contribution < -0.4 is 15.4 Å². The highest BCUT2D eigenvalue weighted by atomic mass is 16.5. The van der Waals surface area contributed by atoms with Crippen LogP contribution in [0.15, 0.2) is 24.3 Å². The topological polar surface area (TPSA) is 70.7 Å². The Labute approximate surface area is 143 Å². The first kappa shape index (κ1) is 18.3. The maximum Gasteiger partial charge on any atom is 0.237 e. The van der Waals surface area contributed by atoms with Crippen LogP contribution in [0.4, 0.5) is 0 Å². The zero-order chi connectivity index (χ0) is 17.4. The Morgan fingerprint density at radius 1 is 1.38 bits per heavy atom. The molecule has 0 unspecified atom stereocenters. The highest BCUT2D eigenvalue weighted by Crippen LogP contribution is 2.22. The average molecular weight is 333 g/mol. The Morgan fingerprint density at radius 3 is 2.92 bits per heavy atom. The quantitative estimate of drug-likeness (QED) is 0.752. The van der Waals surface area contributed by atoms with Gasteiger partial charge in [0, 0.05) is 31.7 Å². The minimum atomic E-state index is -0.440. The van der Waals surface area contributed by atoms with Crippen molar-refractivity contribution in [1.82, 2.24) is 15.5 Å². The van der Waals surface area contributed by atoms with Crippen molar-refractivity contribution in [3.63, 3.8) is 0 Å². The highest BCUT2D eigenvalue weighted by molar-refractivity contribution is 5.88. The Bertz CT molecular complexity index is 562. The first-order chi connectivity index (χ1) is 11.7. The molecule has 132 valence electrons. The number of hydrogen-bond acceptors (Lipinski definition) is 4. The van der Waals surface area contributed by atoms with Crippen molar-refractivity contribution in [3.05, 3.63) is 29.8 Å². The van der Waals surface area contributed by atoms with Crippen LogP contribution in [0.3, 0.4) is 0 Å². The summed E-state index contributed by atoms with van der Waals surface area (Å²) in [6, 6.07) is 7.40. The second-order valence-electron chi connectivity index (χ2n) is 5.87. The molecule has 2 N–H and O–H groups in total. The third-order valence-corrected chi connectivity index (χ3v) is 4.04. The van der Waals surface area contributed by atoms with Gasteiger partial charge in [-0.3, -0.25) is 14.5 Å². The van der Waals surface area contributed by atoms with E-state index in [0.29, 0.717) is 26.2 Å². The Hall–Kier alpha value is -2.08. The molecule has 1 aromatic rings. The number of piperazine rings is 1. The number of ether oxygens (including phenoxy) is 1. The SMILES string of the molecule is CCCNC(=O)C[C@@H]1C(=O)NCCN1Cc1ccccc1OCC. The standard InChI is InChI=1S/C18H27N3O3/c1-3-9-19-17(22)12-15-18(23)20-10-11-21(15)13-14-7-5-6-8-16(14)24-4-2/h5-8,15H,3-4,9-13H2,1-2H3,(H,19,22)(H,20,23)/t15-/m1/s1. The molecule has 0 saturated carbocycles. The number of carbonyl (C=O) groups is 2. The molecular weight excluding hydrogens is 306 g/mol. The van der Waals surface area contributed by atoms with Crippen LogP contribution >= 0.6 is 0 Å². The summed E-state index contributed by atoms with van der Waals surface area (Å²) in [5.41, 5.74) is 1.04. The molecule has 1 atom stereocenters. The molecule has 6 nitrogen and oxygen atoms in total. The van der Waals surface area contributed by atoms with Gasteiger partial charge < -0.3 is 15.4 Å². The molecule has 1 fully saturated rings. The van der Waals surface area contributed by atoms with Gasteiger partial charge in [0.2, 0.25) is 11.8 Å². The molecule has 0 spiro atoms. The van der Waals surface area contributed by atoms with Gasteiger partial charge in [-0.15, -0.1) is 0 Å². The first-order valence-corrected chi connectivity index (χ1v) is 8.64. The predicted octanol–water partition coefficient (Wildman–Crippen LogP) is 1.30. The summed E-state index contributed by atoms with van der Waals surface area (Å²) in [5.74, 6) is 0.670. The fourth-order valence-corrected chi connectivity index (χ4v) is 2.83. The molecule has 1 saturated heterocycles. The van der Waals surface area contributed by atoms with E-state index in [2.05, 4.69) is 15.5 Å². The summed E-state index contributed by atoms with van der Waals surface area (Å²) in [6.45, 7) is 7.10. The van der Waals surface area contributed by atoms with Crippen molar-refractivity contribution in [2.75, 3.05) is 26.2 Å². The van der Waals surface area contributed by atoms with Gasteiger partial charge in [0.25, 0.3) is 0 Å². The van der Waals surface area contributed by atoms with E-state index >= 15 is 0 Å². The van der Waals surface area contributed by atoms with Crippen molar-refractivity contribution < 1.29 is 14.3 Å². The summed E-state index contributed by atoms with van der Waals surface area (Å²) in [4.78, 5) is 26.3. The third kappa shape index (κ3) is 4.96. The second kappa shape index (κ2) is 9.27. The maximum absolute atomic E-state index is 12.3. The lowest BCUT2D eigenvalue weighted by Crippen LogP contribution is -2.56. The number of amides is 2. The molecule has 1 aromatic carbocycles. The minimum absolute atomic E-state index is 0.0815. The highest BCUT2D eigenvalue weighted by Gasteiger charge is 2.31. The van der Waals surface area contributed by atoms with Crippen LogP contribution in [0.1, 0.15) is 32.3 Å². The summed E-state index contributed by atoms with van der Waals surface area (Å²) < 4.78 is 5.67. The van der Waals surface area contributed by atoms with Gasteiger partial charge in [-0.1, -0.05) is 25.1 Å². The lowest BCUT2D eigenvalue weighted by Gasteiger charge is -2.35. The predicted molar refractivity (Wildman–Crippen MR) is 92.7 cm³/mol. The normalized spacial score (nSPS) is 18.1. The lowest BCUT2D eigenvalue weighted by atomic mass is 10.1. The zero-order valence-corrected chi connectivity index (χ0v) is 14.5. The van der Waals surface area contributed by atoms with Gasteiger partial charge in [-0.25, -0.2) is 0 Å². The molecule has 0 aromatic heterocycles. The monoisotopic (exact) mass is 333 g/mol. The molecule has 6 heteroatoms. The molecule has 1 aliphatic rings. The van der Waals surface area contributed by atoms with Gasteiger partial charge in [0.15, 0.2) is 0 Å². The van der Waals surface area contributed by atoms with Crippen molar-refractivity contribution in [3.8, 4) is 5.75 Å². The van der Waals surface area contributed by atoms with Crippen LogP contribution in [0, 0.1) is 0 Å². The zero-order valence-electron chi connectivity index (χ0n) is 14.5. The second-order valence-corrected chi connectivity index (χ2v) is 5.87. The maximum atomic E-state index is 12.3. The van der Waals surface area contributed by atoms with Gasteiger partial charge in [0.1, 0.15) is 5.75 Å². The van der Waals surface area contributed by atoms with Gasteiger partial charge in [0.05, 0.1) is 19.1 Å². The Kier molecular flexibility index (Phi) is 7.06. The van der Waals surface area contributed by atoms with E-state index in [1.807, 2.05) is 38.1 Å². The van der Waals surface area contributed by atoms with Gasteiger partial charge in [-0.2, -0.15) is 0 Å². The Morgan fingerprint density at radius 2 is 2.17 bits per heavy atom. The molecular formula is C18H27N3O3. The molecule has 1 aliphatic heterocycles. The summed E-state index contributed by atoms with van der Waals surface area (Å²) >= 11 is 0. The number of benzene rings is 1. The van der Waals surface area contributed by atoms with E-state index in [-0.39, 0.29) is 18.2 Å². The lowest BCUT2D eigenvalue weighted by molar-refractivity contribution is -0.134. The smallest absolute Gasteiger partial charge is 0.237 e. The number of rotatable bonds is 8. The molecule has 2 rings (SSSR count). The summed E-state index contributed by atoms with van der Waals surface area (Å²) in [5, 5.41) is 5.70. The van der Waals surface area contributed by atoms with E-state index in [1.54, 1.807) is 0 Å². The van der Waals surface area contributed by atoms with E-state index in [4.69, 9.17) is 4.74 Å². The van der Waals surface area contributed by atoms with Crippen LogP contribution in [0.5, 0.6) is 5.75 Å². The number of nitrogens with one attached hydrogen (secondary N) is 2. The number of nitrogens with zero attached hydrogens (tertiary/aromatic N) is 1. The van der Waals surface area contributed by atoms with Crippen LogP contribution in [-0.2, 0) is 16.1 Å². The van der Waals surface area contributed by atoms with Crippen molar-refractivity contribution in [2.24, 2.45) is 0 Å². The number of hydrogen-bond donors (Lipinski definition) is 2. The van der Waals surface area contributed by atoms with E-state index < -0.39 is 6.04 Å². The third-order valence-electron chi connectivity index (χ3n) is 4.04. The first-order valence-electron chi connectivity index (χ1n) is 8.64. The van der Waals surface area contributed by atoms with Crippen molar-refractivity contribution >= 4 is 11.8 Å². The van der Waals surface area contributed by atoms with Crippen LogP contribution in [0.2, 0.25) is 0 Å². The minimum Gasteiger partial charge on any atom is -0.494 e. The number of carbonyl (C=O) groups excluding carboxylic acids is 2. The molecule has 24 heavy (non-hydrogen) atoms. The van der Waals surface area contributed by atoms with Gasteiger partial charge >= 0.3 is 0 Å². The fourth-order valence-electron chi connectivity index (χ4n) is 2.83. The van der Waals surface area contributed by atoms with E-state index in [9.17, 15) is 9.59 Å². The fraction of sp³-hybridized carbons (Fsp3) is 0.556. The average Bonchev–Trinajstić information content (AvgIpc) is 2.58. The summed E-state index contributed by atoms with van der Waals surface area (Å²) in [7, 11) is 0. The molecule has 0 aliphatic carbocycles. The summed E-state index contributed by atoms with van der Waals surface area (Å²) in [6.07, 6.45) is 1.07. The molecule has 0 radical (unpaired) electrons. The van der Waals surface area contributed by atoms with E-state index in [0.717, 1.165) is 24.3 Å². The Balaban J connectivity index is 2.08. The van der Waals surface area contributed by atoms with E-state index in [1.165, 1.54) is 0 Å². The molecule has 1 heterocycles. The largest absolute Gasteiger partial charge is 0.494 e. The van der Waals surface area contributed by atoms with Gasteiger partial charge in [-0.05, 0) is 19.4 Å². The molecule has 2 amide bonds. The van der Waals surface area contributed by atoms with Crippen molar-refractivity contribution in [1.29, 1.82) is 0 Å². The van der Waals surface area contributed by atoms with Crippen molar-refractivity contribution in [2.45, 2.75) is 39.3 Å². The van der Waals surface area contributed by atoms with Crippen LogP contribution in [-0.4, -0.2) is 49.0 Å².